The van der Waals surface area contributed by atoms with Crippen LogP contribution in [0.4, 0.5) is 0 Å². The van der Waals surface area contributed by atoms with Crippen LogP contribution in [0.25, 0.3) is 6.08 Å². The van der Waals surface area contributed by atoms with E-state index >= 15 is 0 Å². The van der Waals surface area contributed by atoms with E-state index in [1.54, 1.807) is 31.3 Å². The second-order valence-corrected chi connectivity index (χ2v) is 5.96. The average molecular weight is 323 g/mol. The van der Waals surface area contributed by atoms with Crippen molar-refractivity contribution in [2.75, 3.05) is 20.2 Å². The predicted molar refractivity (Wildman–Crippen MR) is 85.8 cm³/mol. The first-order valence-corrected chi connectivity index (χ1v) is 7.42. The first kappa shape index (κ1) is 16.4. The minimum absolute atomic E-state index is 0.0107. The third kappa shape index (κ3) is 4.01. The van der Waals surface area contributed by atoms with Gasteiger partial charge in [0.25, 0.3) is 5.91 Å². The number of nitrogens with one attached hydrogen (secondary N) is 1. The highest BCUT2D eigenvalue weighted by Gasteiger charge is 2.21. The number of nitrogens with zero attached hydrogens (tertiary/aromatic N) is 1. The Labute approximate surface area is 134 Å². The third-order valence-corrected chi connectivity index (χ3v) is 3.37. The zero-order valence-electron chi connectivity index (χ0n) is 12.9. The van der Waals surface area contributed by atoms with E-state index in [2.05, 4.69) is 5.32 Å². The Balaban J connectivity index is 2.08. The third-order valence-electron chi connectivity index (χ3n) is 3.14. The molecule has 0 radical (unpaired) electrons. The molecule has 0 unspecified atom stereocenters. The van der Waals surface area contributed by atoms with Gasteiger partial charge < -0.3 is 15.0 Å². The van der Waals surface area contributed by atoms with Gasteiger partial charge in [-0.15, -0.1) is 0 Å². The number of fused-ring (bicyclic) bond motifs is 1. The molecule has 0 atom stereocenters. The van der Waals surface area contributed by atoms with E-state index in [9.17, 15) is 9.59 Å². The standard InChI is InChI=1S/C16H19ClN2O3/c1-10(2)18-15(20)8-19(3)16(21)12-6-11-7-13(17)4-5-14(11)22-9-12/h4-7,10H,8-9H2,1-3H3,(H,18,20). The van der Waals surface area contributed by atoms with Gasteiger partial charge in [0, 0.05) is 23.7 Å². The first-order valence-electron chi connectivity index (χ1n) is 7.04. The van der Waals surface area contributed by atoms with Gasteiger partial charge >= 0.3 is 0 Å². The van der Waals surface area contributed by atoms with Gasteiger partial charge in [0.15, 0.2) is 0 Å². The lowest BCUT2D eigenvalue weighted by atomic mass is 10.1. The molecule has 22 heavy (non-hydrogen) atoms. The maximum atomic E-state index is 12.4. The van der Waals surface area contributed by atoms with Crippen molar-refractivity contribution in [2.45, 2.75) is 19.9 Å². The lowest BCUT2D eigenvalue weighted by molar-refractivity contribution is -0.132. The van der Waals surface area contributed by atoms with Crippen molar-refractivity contribution in [1.29, 1.82) is 0 Å². The second-order valence-electron chi connectivity index (χ2n) is 5.52. The number of hydrogen-bond acceptors (Lipinski definition) is 3. The van der Waals surface area contributed by atoms with Crippen molar-refractivity contribution in [3.63, 3.8) is 0 Å². The predicted octanol–water partition coefficient (Wildman–Crippen LogP) is 2.10. The van der Waals surface area contributed by atoms with Crippen LogP contribution in [-0.2, 0) is 9.59 Å². The van der Waals surface area contributed by atoms with Crippen LogP contribution in [0.3, 0.4) is 0 Å². The summed E-state index contributed by atoms with van der Waals surface area (Å²) in [6, 6.07) is 5.30. The molecule has 1 aromatic rings. The number of benzene rings is 1. The molecular formula is C16H19ClN2O3. The van der Waals surface area contributed by atoms with Gasteiger partial charge in [-0.3, -0.25) is 9.59 Å². The Hall–Kier alpha value is -2.01. The van der Waals surface area contributed by atoms with Gasteiger partial charge in [-0.05, 0) is 38.1 Å². The van der Waals surface area contributed by atoms with E-state index in [1.807, 2.05) is 13.8 Å². The van der Waals surface area contributed by atoms with Gasteiger partial charge in [-0.25, -0.2) is 0 Å². The quantitative estimate of drug-likeness (QED) is 0.923. The highest BCUT2D eigenvalue weighted by molar-refractivity contribution is 6.30. The zero-order valence-corrected chi connectivity index (χ0v) is 13.6. The Morgan fingerprint density at radius 2 is 2.14 bits per heavy atom. The maximum Gasteiger partial charge on any atom is 0.253 e. The minimum Gasteiger partial charge on any atom is -0.488 e. The molecule has 6 heteroatoms. The van der Waals surface area contributed by atoms with Gasteiger partial charge in [-0.1, -0.05) is 11.6 Å². The first-order chi connectivity index (χ1) is 10.4. The van der Waals surface area contributed by atoms with Crippen LogP contribution in [0.15, 0.2) is 23.8 Å². The van der Waals surface area contributed by atoms with Crippen LogP contribution in [-0.4, -0.2) is 43.0 Å². The normalized spacial score (nSPS) is 13.0. The molecule has 0 bridgehead atoms. The highest BCUT2D eigenvalue weighted by atomic mass is 35.5. The molecule has 0 spiro atoms. The number of carbonyl (C=O) groups is 2. The van der Waals surface area contributed by atoms with E-state index in [4.69, 9.17) is 16.3 Å². The fraction of sp³-hybridized carbons (Fsp3) is 0.375. The Morgan fingerprint density at radius 3 is 2.82 bits per heavy atom. The van der Waals surface area contributed by atoms with E-state index in [0.717, 1.165) is 5.56 Å². The largest absolute Gasteiger partial charge is 0.488 e. The fourth-order valence-electron chi connectivity index (χ4n) is 2.17. The van der Waals surface area contributed by atoms with Crippen LogP contribution in [0.2, 0.25) is 5.02 Å². The second kappa shape index (κ2) is 6.83. The molecule has 0 aromatic heterocycles. The summed E-state index contributed by atoms with van der Waals surface area (Å²) in [4.78, 5) is 25.5. The van der Waals surface area contributed by atoms with Crippen LogP contribution < -0.4 is 10.1 Å². The van der Waals surface area contributed by atoms with Gasteiger partial charge in [0.05, 0.1) is 12.1 Å². The summed E-state index contributed by atoms with van der Waals surface area (Å²) in [7, 11) is 1.59. The molecule has 1 N–H and O–H groups in total. The summed E-state index contributed by atoms with van der Waals surface area (Å²) in [5.74, 6) is 0.275. The highest BCUT2D eigenvalue weighted by Crippen LogP contribution is 2.29. The average Bonchev–Trinajstić information content (AvgIpc) is 2.44. The van der Waals surface area contributed by atoms with E-state index in [0.29, 0.717) is 16.3 Å². The molecular weight excluding hydrogens is 304 g/mol. The van der Waals surface area contributed by atoms with Crippen molar-refractivity contribution < 1.29 is 14.3 Å². The SMILES string of the molecule is CC(C)NC(=O)CN(C)C(=O)C1=Cc2cc(Cl)ccc2OC1. The van der Waals surface area contributed by atoms with Crippen LogP contribution >= 0.6 is 11.6 Å². The number of amides is 2. The summed E-state index contributed by atoms with van der Waals surface area (Å²) in [6.07, 6.45) is 1.75. The molecule has 5 nitrogen and oxygen atoms in total. The molecule has 1 heterocycles. The van der Waals surface area contributed by atoms with E-state index in [-0.39, 0.29) is 31.0 Å². The van der Waals surface area contributed by atoms with E-state index in [1.165, 1.54) is 4.90 Å². The molecule has 2 rings (SSSR count). The van der Waals surface area contributed by atoms with Crippen LogP contribution in [0, 0.1) is 0 Å². The van der Waals surface area contributed by atoms with Crippen LogP contribution in [0.5, 0.6) is 5.75 Å². The number of ether oxygens (including phenoxy) is 1. The molecule has 0 saturated heterocycles. The molecule has 0 saturated carbocycles. The maximum absolute atomic E-state index is 12.4. The summed E-state index contributed by atoms with van der Waals surface area (Å²) in [5.41, 5.74) is 1.26. The summed E-state index contributed by atoms with van der Waals surface area (Å²) >= 11 is 5.95. The van der Waals surface area contributed by atoms with Crippen molar-refractivity contribution in [3.8, 4) is 5.75 Å². The number of rotatable bonds is 4. The smallest absolute Gasteiger partial charge is 0.253 e. The Kier molecular flexibility index (Phi) is 5.08. The molecule has 1 aliphatic rings. The number of hydrogen-bond donors (Lipinski definition) is 1. The molecule has 0 fully saturated rings. The molecule has 1 aliphatic heterocycles. The lowest BCUT2D eigenvalue weighted by Gasteiger charge is -2.22. The lowest BCUT2D eigenvalue weighted by Crippen LogP contribution is -2.41. The Bertz CT molecular complexity index is 626. The molecule has 0 aliphatic carbocycles. The van der Waals surface area contributed by atoms with Gasteiger partial charge in [0.1, 0.15) is 12.4 Å². The molecule has 2 amide bonds. The van der Waals surface area contributed by atoms with Gasteiger partial charge in [0.2, 0.25) is 5.91 Å². The molecule has 118 valence electrons. The zero-order chi connectivity index (χ0) is 16.3. The monoisotopic (exact) mass is 322 g/mol. The van der Waals surface area contributed by atoms with E-state index < -0.39 is 0 Å². The van der Waals surface area contributed by atoms with Crippen LogP contribution in [0.1, 0.15) is 19.4 Å². The summed E-state index contributed by atoms with van der Waals surface area (Å²) < 4.78 is 5.56. The fourth-order valence-corrected chi connectivity index (χ4v) is 2.35. The number of halogens is 1. The summed E-state index contributed by atoms with van der Waals surface area (Å²) in [6.45, 7) is 3.94. The summed E-state index contributed by atoms with van der Waals surface area (Å²) in [5, 5.41) is 3.33. The Morgan fingerprint density at radius 1 is 1.41 bits per heavy atom. The van der Waals surface area contributed by atoms with Crippen molar-refractivity contribution in [2.24, 2.45) is 0 Å². The topological polar surface area (TPSA) is 58.6 Å². The van der Waals surface area contributed by atoms with Crippen molar-refractivity contribution >= 4 is 29.5 Å². The van der Waals surface area contributed by atoms with Gasteiger partial charge in [-0.2, -0.15) is 0 Å². The number of carbonyl (C=O) groups excluding carboxylic acids is 2. The van der Waals surface area contributed by atoms with Crippen molar-refractivity contribution in [1.82, 2.24) is 10.2 Å². The number of likely N-dealkylation sites (N-methyl/N-ethyl adjacent to an activating group) is 1. The van der Waals surface area contributed by atoms with Crippen molar-refractivity contribution in [3.05, 3.63) is 34.4 Å². The minimum atomic E-state index is -0.232. The molecule has 1 aromatic carbocycles.